The number of nitrogens with one attached hydrogen (secondary N) is 1. The van der Waals surface area contributed by atoms with E-state index >= 15 is 0 Å². The number of nitrogen functional groups attached to an aromatic ring is 1. The summed E-state index contributed by atoms with van der Waals surface area (Å²) in [6, 6.07) is 5.37. The summed E-state index contributed by atoms with van der Waals surface area (Å²) in [5.74, 6) is 0.0703. The molecule has 0 saturated carbocycles. The minimum absolute atomic E-state index is 0.0703. The van der Waals surface area contributed by atoms with Gasteiger partial charge in [-0.2, -0.15) is 0 Å². The van der Waals surface area contributed by atoms with E-state index in [0.717, 1.165) is 16.5 Å². The number of rotatable bonds is 2. The molecule has 1 aromatic carbocycles. The number of benzene rings is 1. The van der Waals surface area contributed by atoms with Gasteiger partial charge in [0.15, 0.2) is 9.84 Å². The van der Waals surface area contributed by atoms with Gasteiger partial charge in [0, 0.05) is 28.6 Å². The number of aromatic nitrogens is 1. The van der Waals surface area contributed by atoms with E-state index in [1.807, 2.05) is 18.2 Å². The Labute approximate surface area is 111 Å². The summed E-state index contributed by atoms with van der Waals surface area (Å²) in [5, 5.41) is 6.25. The zero-order valence-electron chi connectivity index (χ0n) is 10.1. The van der Waals surface area contributed by atoms with Crippen molar-refractivity contribution in [2.75, 3.05) is 16.8 Å². The summed E-state index contributed by atoms with van der Waals surface area (Å²) in [7, 11) is -3.06. The quantitative estimate of drug-likeness (QED) is 0.812. The molecule has 98 valence electrons. The van der Waals surface area contributed by atoms with E-state index in [0.29, 0.717) is 5.69 Å². The van der Waals surface area contributed by atoms with Crippen LogP contribution in [0.4, 0.5) is 11.4 Å². The monoisotopic (exact) mass is 275 g/mol. The van der Waals surface area contributed by atoms with Crippen LogP contribution < -0.4 is 11.1 Å². The Morgan fingerprint density at radius 3 is 2.89 bits per heavy atom. The molecule has 1 aromatic heterocycles. The van der Waals surface area contributed by atoms with E-state index in [1.165, 1.54) is 5.41 Å². The third-order valence-electron chi connectivity index (χ3n) is 3.13. The molecule has 2 aromatic rings. The number of anilines is 2. The molecule has 3 N–H and O–H groups in total. The highest BCUT2D eigenvalue weighted by molar-refractivity contribution is 7.94. The van der Waals surface area contributed by atoms with Gasteiger partial charge in [-0.3, -0.25) is 4.98 Å². The van der Waals surface area contributed by atoms with Crippen LogP contribution in [0.25, 0.3) is 10.8 Å². The molecule has 0 spiro atoms. The SMILES string of the molecule is Nc1c(NC2C=CS(=O)(=O)C2)ccc2cnccc12. The molecule has 0 radical (unpaired) electrons. The first-order chi connectivity index (χ1) is 9.05. The predicted molar refractivity (Wildman–Crippen MR) is 76.5 cm³/mol. The predicted octanol–water partition coefficient (Wildman–Crippen LogP) is 1.54. The van der Waals surface area contributed by atoms with Gasteiger partial charge in [-0.1, -0.05) is 12.1 Å². The van der Waals surface area contributed by atoms with Gasteiger partial charge in [-0.05, 0) is 12.1 Å². The number of hydrogen-bond donors (Lipinski definition) is 2. The lowest BCUT2D eigenvalue weighted by atomic mass is 10.1. The third-order valence-corrected chi connectivity index (χ3v) is 4.53. The molecular weight excluding hydrogens is 262 g/mol. The second-order valence-corrected chi connectivity index (χ2v) is 6.46. The molecule has 6 heteroatoms. The van der Waals surface area contributed by atoms with Crippen LogP contribution in [0, 0.1) is 0 Å². The van der Waals surface area contributed by atoms with Crippen LogP contribution in [0.1, 0.15) is 0 Å². The first kappa shape index (κ1) is 12.0. The number of nitrogens with two attached hydrogens (primary N) is 1. The zero-order valence-corrected chi connectivity index (χ0v) is 10.9. The maximum atomic E-state index is 11.4. The number of pyridine rings is 1. The first-order valence-electron chi connectivity index (χ1n) is 5.85. The molecule has 0 bridgehead atoms. The van der Waals surface area contributed by atoms with Gasteiger partial charge in [0.25, 0.3) is 0 Å². The second kappa shape index (κ2) is 4.24. The number of fused-ring (bicyclic) bond motifs is 1. The van der Waals surface area contributed by atoms with Crippen molar-refractivity contribution in [2.45, 2.75) is 6.04 Å². The van der Waals surface area contributed by atoms with Crippen LogP contribution in [0.2, 0.25) is 0 Å². The van der Waals surface area contributed by atoms with Crippen molar-refractivity contribution in [2.24, 2.45) is 0 Å². The molecule has 1 atom stereocenters. The highest BCUT2D eigenvalue weighted by Crippen LogP contribution is 2.29. The summed E-state index contributed by atoms with van der Waals surface area (Å²) in [6.45, 7) is 0. The van der Waals surface area contributed by atoms with Crippen molar-refractivity contribution in [3.8, 4) is 0 Å². The largest absolute Gasteiger partial charge is 0.397 e. The summed E-state index contributed by atoms with van der Waals surface area (Å²) in [6.07, 6.45) is 5.07. The summed E-state index contributed by atoms with van der Waals surface area (Å²) in [4.78, 5) is 4.04. The molecule has 0 aliphatic carbocycles. The van der Waals surface area contributed by atoms with Crippen LogP contribution in [-0.2, 0) is 9.84 Å². The minimum Gasteiger partial charge on any atom is -0.397 e. The zero-order chi connectivity index (χ0) is 13.5. The van der Waals surface area contributed by atoms with E-state index in [1.54, 1.807) is 18.5 Å². The molecule has 0 fully saturated rings. The van der Waals surface area contributed by atoms with Crippen molar-refractivity contribution in [1.82, 2.24) is 4.98 Å². The Balaban J connectivity index is 1.94. The van der Waals surface area contributed by atoms with Crippen LogP contribution in [0.5, 0.6) is 0 Å². The van der Waals surface area contributed by atoms with Crippen LogP contribution in [0.3, 0.4) is 0 Å². The van der Waals surface area contributed by atoms with E-state index in [4.69, 9.17) is 5.73 Å². The van der Waals surface area contributed by atoms with Crippen molar-refractivity contribution < 1.29 is 8.42 Å². The Bertz CT molecular complexity index is 769. The molecule has 1 unspecified atom stereocenters. The highest BCUT2D eigenvalue weighted by atomic mass is 32.2. The Morgan fingerprint density at radius 2 is 2.16 bits per heavy atom. The van der Waals surface area contributed by atoms with Gasteiger partial charge in [-0.15, -0.1) is 0 Å². The molecule has 1 aliphatic rings. The lowest BCUT2D eigenvalue weighted by Crippen LogP contribution is -2.21. The van der Waals surface area contributed by atoms with E-state index in [2.05, 4.69) is 10.3 Å². The lowest BCUT2D eigenvalue weighted by Gasteiger charge is -2.15. The van der Waals surface area contributed by atoms with Crippen LogP contribution in [0.15, 0.2) is 42.1 Å². The summed E-state index contributed by atoms with van der Waals surface area (Å²) < 4.78 is 22.7. The number of sulfone groups is 1. The fraction of sp³-hybridized carbons (Fsp3) is 0.154. The molecule has 19 heavy (non-hydrogen) atoms. The minimum atomic E-state index is -3.06. The van der Waals surface area contributed by atoms with Crippen molar-refractivity contribution >= 4 is 32.0 Å². The summed E-state index contributed by atoms with van der Waals surface area (Å²) in [5.41, 5.74) is 7.45. The summed E-state index contributed by atoms with van der Waals surface area (Å²) >= 11 is 0. The molecule has 0 amide bonds. The Morgan fingerprint density at radius 1 is 1.32 bits per heavy atom. The van der Waals surface area contributed by atoms with Crippen LogP contribution >= 0.6 is 0 Å². The molecule has 2 heterocycles. The average molecular weight is 275 g/mol. The van der Waals surface area contributed by atoms with Gasteiger partial charge in [-0.25, -0.2) is 8.42 Å². The van der Waals surface area contributed by atoms with Crippen molar-refractivity contribution in [3.63, 3.8) is 0 Å². The Hall–Kier alpha value is -2.08. The maximum Gasteiger partial charge on any atom is 0.173 e. The molecule has 5 nitrogen and oxygen atoms in total. The standard InChI is InChI=1S/C13H13N3O2S/c14-13-11-3-5-15-7-9(11)1-2-12(13)16-10-4-6-19(17,18)8-10/h1-7,10,16H,8,14H2. The van der Waals surface area contributed by atoms with E-state index < -0.39 is 9.84 Å². The van der Waals surface area contributed by atoms with Gasteiger partial charge < -0.3 is 11.1 Å². The highest BCUT2D eigenvalue weighted by Gasteiger charge is 2.22. The van der Waals surface area contributed by atoms with Crippen molar-refractivity contribution in [1.29, 1.82) is 0 Å². The topological polar surface area (TPSA) is 85.1 Å². The molecule has 3 rings (SSSR count). The molecule has 0 saturated heterocycles. The van der Waals surface area contributed by atoms with Crippen LogP contribution in [-0.4, -0.2) is 25.2 Å². The number of hydrogen-bond acceptors (Lipinski definition) is 5. The fourth-order valence-electron chi connectivity index (χ4n) is 2.18. The Kier molecular flexibility index (Phi) is 2.67. The molecular formula is C13H13N3O2S. The average Bonchev–Trinajstić information content (AvgIpc) is 2.73. The van der Waals surface area contributed by atoms with Crippen molar-refractivity contribution in [3.05, 3.63) is 42.1 Å². The lowest BCUT2D eigenvalue weighted by molar-refractivity contribution is 0.605. The first-order valence-corrected chi connectivity index (χ1v) is 7.56. The van der Waals surface area contributed by atoms with Gasteiger partial charge >= 0.3 is 0 Å². The smallest absolute Gasteiger partial charge is 0.173 e. The van der Waals surface area contributed by atoms with E-state index in [-0.39, 0.29) is 11.8 Å². The maximum absolute atomic E-state index is 11.4. The molecule has 1 aliphatic heterocycles. The fourth-order valence-corrected chi connectivity index (χ4v) is 3.42. The van der Waals surface area contributed by atoms with Gasteiger partial charge in [0.05, 0.1) is 23.2 Å². The normalized spacial score (nSPS) is 20.7. The van der Waals surface area contributed by atoms with E-state index in [9.17, 15) is 8.42 Å². The third kappa shape index (κ3) is 2.26. The van der Waals surface area contributed by atoms with Gasteiger partial charge in [0.2, 0.25) is 0 Å². The number of nitrogens with zero attached hydrogens (tertiary/aromatic N) is 1. The van der Waals surface area contributed by atoms with Gasteiger partial charge in [0.1, 0.15) is 0 Å². The second-order valence-electron chi connectivity index (χ2n) is 4.53.